The van der Waals surface area contributed by atoms with Gasteiger partial charge in [-0.2, -0.15) is 0 Å². The Morgan fingerprint density at radius 2 is 2.24 bits per heavy atom. The number of hydrogen-bond acceptors (Lipinski definition) is 3. The maximum Gasteiger partial charge on any atom is 0.132 e. The molecule has 1 rings (SSSR count). The van der Waals surface area contributed by atoms with Crippen LogP contribution in [0.2, 0.25) is 5.02 Å². The van der Waals surface area contributed by atoms with Gasteiger partial charge in [0.2, 0.25) is 0 Å². The largest absolute Gasteiger partial charge is 0.490 e. The molecule has 1 aromatic carbocycles. The molecule has 1 aromatic rings. The van der Waals surface area contributed by atoms with Crippen LogP contribution in [0.15, 0.2) is 18.2 Å². The highest BCUT2D eigenvalue weighted by atomic mass is 35.5. The number of nitrogens with two attached hydrogens (primary N) is 1. The van der Waals surface area contributed by atoms with E-state index in [9.17, 15) is 0 Å². The Morgan fingerprint density at radius 1 is 1.53 bits per heavy atom. The molecule has 94 valence electrons. The highest BCUT2D eigenvalue weighted by Crippen LogP contribution is 2.24. The summed E-state index contributed by atoms with van der Waals surface area (Å²) >= 11 is 5.89. The number of amidine groups is 1. The highest BCUT2D eigenvalue weighted by molar-refractivity contribution is 6.30. The van der Waals surface area contributed by atoms with Crippen molar-refractivity contribution in [2.45, 2.75) is 19.4 Å². The maximum atomic E-state index is 7.46. The molecule has 1 unspecified atom stereocenters. The van der Waals surface area contributed by atoms with E-state index in [0.29, 0.717) is 22.9 Å². The van der Waals surface area contributed by atoms with E-state index in [-0.39, 0.29) is 11.9 Å². The third kappa shape index (κ3) is 4.24. The highest BCUT2D eigenvalue weighted by Gasteiger charge is 2.11. The minimum atomic E-state index is -0.0318. The first kappa shape index (κ1) is 13.8. The summed E-state index contributed by atoms with van der Waals surface area (Å²) in [5.74, 6) is 0.504. The lowest BCUT2D eigenvalue weighted by Gasteiger charge is -2.17. The number of nitrogen functional groups attached to an aromatic ring is 1. The van der Waals surface area contributed by atoms with Crippen LogP contribution in [0.5, 0.6) is 5.75 Å². The van der Waals surface area contributed by atoms with Gasteiger partial charge in [0, 0.05) is 25.2 Å². The zero-order valence-electron chi connectivity index (χ0n) is 10.00. The smallest absolute Gasteiger partial charge is 0.132 e. The third-order valence-corrected chi connectivity index (χ3v) is 2.53. The van der Waals surface area contributed by atoms with Crippen LogP contribution < -0.4 is 10.5 Å². The van der Waals surface area contributed by atoms with Crippen LogP contribution in [0, 0.1) is 5.41 Å². The molecule has 0 saturated carbocycles. The van der Waals surface area contributed by atoms with Crippen molar-refractivity contribution in [3.8, 4) is 5.75 Å². The first-order valence-electron chi connectivity index (χ1n) is 5.34. The molecule has 1 atom stereocenters. The van der Waals surface area contributed by atoms with Gasteiger partial charge >= 0.3 is 0 Å². The Morgan fingerprint density at radius 3 is 2.82 bits per heavy atom. The lowest BCUT2D eigenvalue weighted by Crippen LogP contribution is -2.18. The summed E-state index contributed by atoms with van der Waals surface area (Å²) in [5, 5.41) is 8.02. The van der Waals surface area contributed by atoms with Crippen LogP contribution in [-0.2, 0) is 4.74 Å². The molecule has 4 nitrogen and oxygen atoms in total. The molecule has 0 aliphatic rings. The molecular formula is C12H17ClN2O2. The summed E-state index contributed by atoms with van der Waals surface area (Å²) in [6, 6.07) is 5.04. The van der Waals surface area contributed by atoms with E-state index in [2.05, 4.69) is 0 Å². The summed E-state index contributed by atoms with van der Waals surface area (Å²) in [5.41, 5.74) is 6.03. The first-order chi connectivity index (χ1) is 8.04. The average molecular weight is 257 g/mol. The average Bonchev–Trinajstić information content (AvgIpc) is 2.26. The Kier molecular flexibility index (Phi) is 5.25. The maximum absolute atomic E-state index is 7.46. The predicted molar refractivity (Wildman–Crippen MR) is 69.1 cm³/mol. The molecule has 0 radical (unpaired) electrons. The van der Waals surface area contributed by atoms with Crippen LogP contribution in [0.4, 0.5) is 0 Å². The molecule has 0 saturated heterocycles. The van der Waals surface area contributed by atoms with Crippen molar-refractivity contribution >= 4 is 17.4 Å². The monoisotopic (exact) mass is 256 g/mol. The molecule has 0 fully saturated rings. The normalized spacial score (nSPS) is 12.2. The summed E-state index contributed by atoms with van der Waals surface area (Å²) in [6.07, 6.45) is 0.743. The zero-order valence-corrected chi connectivity index (χ0v) is 10.8. The van der Waals surface area contributed by atoms with Crippen molar-refractivity contribution in [1.82, 2.24) is 0 Å². The second kappa shape index (κ2) is 6.47. The van der Waals surface area contributed by atoms with Gasteiger partial charge in [0.25, 0.3) is 0 Å². The molecule has 0 spiro atoms. The molecule has 0 bridgehead atoms. The van der Waals surface area contributed by atoms with Gasteiger partial charge < -0.3 is 15.2 Å². The molecule has 0 heterocycles. The molecular weight excluding hydrogens is 240 g/mol. The fourth-order valence-corrected chi connectivity index (χ4v) is 1.54. The van der Waals surface area contributed by atoms with E-state index in [1.165, 1.54) is 0 Å². The third-order valence-electron chi connectivity index (χ3n) is 2.29. The minimum Gasteiger partial charge on any atom is -0.490 e. The lowest BCUT2D eigenvalue weighted by molar-refractivity contribution is 0.135. The molecule has 0 aliphatic heterocycles. The van der Waals surface area contributed by atoms with Crippen molar-refractivity contribution in [3.05, 3.63) is 28.8 Å². The second-order valence-corrected chi connectivity index (χ2v) is 4.20. The van der Waals surface area contributed by atoms with Crippen molar-refractivity contribution in [1.29, 1.82) is 5.41 Å². The van der Waals surface area contributed by atoms with Crippen LogP contribution in [-0.4, -0.2) is 25.7 Å². The van der Waals surface area contributed by atoms with Gasteiger partial charge in [-0.05, 0) is 25.1 Å². The molecule has 0 amide bonds. The van der Waals surface area contributed by atoms with Gasteiger partial charge in [-0.3, -0.25) is 5.41 Å². The van der Waals surface area contributed by atoms with Crippen LogP contribution in [0.3, 0.4) is 0 Å². The number of halogens is 1. The first-order valence-corrected chi connectivity index (χ1v) is 5.72. The fourth-order valence-electron chi connectivity index (χ4n) is 1.38. The number of benzene rings is 1. The number of nitrogens with one attached hydrogen (secondary N) is 1. The van der Waals surface area contributed by atoms with Crippen LogP contribution in [0.1, 0.15) is 18.9 Å². The number of methoxy groups -OCH3 is 1. The lowest BCUT2D eigenvalue weighted by atomic mass is 10.2. The SMILES string of the molecule is COCCC(C)Oc1cc(Cl)ccc1C(=N)N. The van der Waals surface area contributed by atoms with Gasteiger partial charge in [-0.15, -0.1) is 0 Å². The summed E-state index contributed by atoms with van der Waals surface area (Å²) in [4.78, 5) is 0. The predicted octanol–water partition coefficient (Wildman–Crippen LogP) is 2.43. The Bertz CT molecular complexity index is 396. The van der Waals surface area contributed by atoms with Gasteiger partial charge in [-0.25, -0.2) is 0 Å². The Hall–Kier alpha value is -1.26. The summed E-state index contributed by atoms with van der Waals surface area (Å²) < 4.78 is 10.7. The number of ether oxygens (including phenoxy) is 2. The van der Waals surface area contributed by atoms with Crippen molar-refractivity contribution in [3.63, 3.8) is 0 Å². The van der Waals surface area contributed by atoms with E-state index in [0.717, 1.165) is 6.42 Å². The van der Waals surface area contributed by atoms with E-state index in [4.69, 9.17) is 32.2 Å². The van der Waals surface area contributed by atoms with Gasteiger partial charge in [-0.1, -0.05) is 11.6 Å². The van der Waals surface area contributed by atoms with Crippen molar-refractivity contribution < 1.29 is 9.47 Å². The van der Waals surface area contributed by atoms with Gasteiger partial charge in [0.05, 0.1) is 11.7 Å². The standard InChI is InChI=1S/C12H17ClN2O2/c1-8(5-6-16-2)17-11-7-9(13)3-4-10(11)12(14)15/h3-4,7-8H,5-6H2,1-2H3,(H3,14,15). The summed E-state index contributed by atoms with van der Waals surface area (Å²) in [6.45, 7) is 2.56. The topological polar surface area (TPSA) is 68.3 Å². The molecule has 5 heteroatoms. The second-order valence-electron chi connectivity index (χ2n) is 3.76. The quantitative estimate of drug-likeness (QED) is 0.607. The van der Waals surface area contributed by atoms with Gasteiger partial charge in [0.15, 0.2) is 0 Å². The van der Waals surface area contributed by atoms with E-state index in [1.807, 2.05) is 6.92 Å². The molecule has 3 N–H and O–H groups in total. The van der Waals surface area contributed by atoms with Crippen molar-refractivity contribution in [2.24, 2.45) is 5.73 Å². The zero-order chi connectivity index (χ0) is 12.8. The molecule has 0 aromatic heterocycles. The molecule has 0 aliphatic carbocycles. The number of hydrogen-bond donors (Lipinski definition) is 2. The van der Waals surface area contributed by atoms with E-state index >= 15 is 0 Å². The number of rotatable bonds is 6. The Labute approximate surface area is 106 Å². The van der Waals surface area contributed by atoms with Crippen LogP contribution in [0.25, 0.3) is 0 Å². The van der Waals surface area contributed by atoms with Gasteiger partial charge in [0.1, 0.15) is 11.6 Å². The van der Waals surface area contributed by atoms with Crippen LogP contribution >= 0.6 is 11.6 Å². The Balaban J connectivity index is 2.81. The van der Waals surface area contributed by atoms with Crippen molar-refractivity contribution in [2.75, 3.05) is 13.7 Å². The minimum absolute atomic E-state index is 0.0217. The fraction of sp³-hybridized carbons (Fsp3) is 0.417. The van der Waals surface area contributed by atoms with E-state index in [1.54, 1.807) is 25.3 Å². The summed E-state index contributed by atoms with van der Waals surface area (Å²) in [7, 11) is 1.65. The van der Waals surface area contributed by atoms with E-state index < -0.39 is 0 Å². The molecule has 17 heavy (non-hydrogen) atoms.